The van der Waals surface area contributed by atoms with Crippen molar-refractivity contribution in [2.45, 2.75) is 33.2 Å². The summed E-state index contributed by atoms with van der Waals surface area (Å²) in [5.74, 6) is 1.67. The predicted molar refractivity (Wildman–Crippen MR) is 115 cm³/mol. The molecular formula is C21H28N6OS. The maximum absolute atomic E-state index is 13.0. The fourth-order valence-corrected chi connectivity index (χ4v) is 4.73. The van der Waals surface area contributed by atoms with Crippen LogP contribution >= 0.6 is 11.3 Å². The van der Waals surface area contributed by atoms with Crippen LogP contribution in [0.2, 0.25) is 0 Å². The van der Waals surface area contributed by atoms with Crippen molar-refractivity contribution >= 4 is 17.2 Å². The number of imidazole rings is 1. The quantitative estimate of drug-likeness (QED) is 0.624. The molecule has 3 aromatic rings. The molecule has 0 aliphatic carbocycles. The average molecular weight is 413 g/mol. The Bertz CT molecular complexity index is 950. The van der Waals surface area contributed by atoms with Gasteiger partial charge in [-0.05, 0) is 19.1 Å². The molecule has 0 spiro atoms. The summed E-state index contributed by atoms with van der Waals surface area (Å²) in [6.07, 6.45) is 7.85. The number of hydrogen-bond donors (Lipinski definition) is 0. The number of amides is 1. The summed E-state index contributed by atoms with van der Waals surface area (Å²) >= 11 is 1.47. The van der Waals surface area contributed by atoms with Gasteiger partial charge in [-0.15, -0.1) is 0 Å². The summed E-state index contributed by atoms with van der Waals surface area (Å²) in [6.45, 7) is 11.5. The highest BCUT2D eigenvalue weighted by Crippen LogP contribution is 2.24. The summed E-state index contributed by atoms with van der Waals surface area (Å²) in [5, 5.41) is 0.843. The van der Waals surface area contributed by atoms with E-state index in [2.05, 4.69) is 39.5 Å². The molecule has 0 unspecified atom stereocenters. The zero-order chi connectivity index (χ0) is 20.4. The number of carbonyl (C=O) groups is 1. The summed E-state index contributed by atoms with van der Waals surface area (Å²) < 4.78 is 4.19. The molecule has 0 saturated carbocycles. The van der Waals surface area contributed by atoms with E-state index in [0.717, 1.165) is 60.8 Å². The van der Waals surface area contributed by atoms with Gasteiger partial charge >= 0.3 is 0 Å². The molecular weight excluding hydrogens is 384 g/mol. The van der Waals surface area contributed by atoms with Crippen LogP contribution in [0.25, 0.3) is 5.13 Å². The maximum Gasteiger partial charge on any atom is 0.266 e. The van der Waals surface area contributed by atoms with E-state index in [-0.39, 0.29) is 5.91 Å². The van der Waals surface area contributed by atoms with Gasteiger partial charge in [-0.25, -0.2) is 9.97 Å². The lowest BCUT2D eigenvalue weighted by Gasteiger charge is -2.34. The Morgan fingerprint density at radius 1 is 1.10 bits per heavy atom. The first-order chi connectivity index (χ1) is 14.0. The molecule has 1 aliphatic heterocycles. The van der Waals surface area contributed by atoms with Crippen LogP contribution in [0, 0.1) is 6.92 Å². The molecule has 1 fully saturated rings. The number of carbonyl (C=O) groups excluding carboxylic acids is 1. The summed E-state index contributed by atoms with van der Waals surface area (Å²) in [4.78, 5) is 27.2. The highest BCUT2D eigenvalue weighted by Gasteiger charge is 2.25. The van der Waals surface area contributed by atoms with E-state index in [1.165, 1.54) is 11.3 Å². The lowest BCUT2D eigenvalue weighted by molar-refractivity contribution is 0.0636. The number of hydrogen-bond acceptors (Lipinski definition) is 5. The molecule has 1 saturated heterocycles. The Hall–Kier alpha value is -2.45. The molecule has 8 heteroatoms. The second kappa shape index (κ2) is 8.51. The summed E-state index contributed by atoms with van der Waals surface area (Å²) in [7, 11) is 0. The van der Waals surface area contributed by atoms with Crippen LogP contribution in [0.15, 0.2) is 36.9 Å². The highest BCUT2D eigenvalue weighted by molar-refractivity contribution is 7.16. The average Bonchev–Trinajstić information content (AvgIpc) is 3.46. The van der Waals surface area contributed by atoms with Crippen molar-refractivity contribution < 1.29 is 4.79 Å². The summed E-state index contributed by atoms with van der Waals surface area (Å²) in [6, 6.07) is 3.93. The van der Waals surface area contributed by atoms with E-state index in [4.69, 9.17) is 0 Å². The van der Waals surface area contributed by atoms with Crippen LogP contribution < -0.4 is 0 Å². The number of nitrogens with zero attached hydrogens (tertiary/aromatic N) is 6. The van der Waals surface area contributed by atoms with Gasteiger partial charge in [0.15, 0.2) is 5.13 Å². The number of piperazine rings is 1. The number of aromatic nitrogens is 4. The Kier molecular flexibility index (Phi) is 5.82. The topological polar surface area (TPSA) is 59.2 Å². The van der Waals surface area contributed by atoms with Crippen molar-refractivity contribution in [2.75, 3.05) is 32.7 Å². The highest BCUT2D eigenvalue weighted by atomic mass is 32.1. The van der Waals surface area contributed by atoms with Crippen molar-refractivity contribution in [3.63, 3.8) is 0 Å². The molecule has 154 valence electrons. The smallest absolute Gasteiger partial charge is 0.266 e. The van der Waals surface area contributed by atoms with Crippen molar-refractivity contribution in [3.8, 4) is 5.13 Å². The van der Waals surface area contributed by atoms with Gasteiger partial charge in [0.2, 0.25) is 0 Å². The van der Waals surface area contributed by atoms with Gasteiger partial charge in [0.05, 0.1) is 5.69 Å². The van der Waals surface area contributed by atoms with E-state index in [1.807, 2.05) is 47.1 Å². The van der Waals surface area contributed by atoms with E-state index >= 15 is 0 Å². The number of rotatable bonds is 6. The third-order valence-electron chi connectivity index (χ3n) is 5.39. The largest absolute Gasteiger partial charge is 0.335 e. The molecule has 4 heterocycles. The first kappa shape index (κ1) is 19.8. The lowest BCUT2D eigenvalue weighted by atomic mass is 10.2. The van der Waals surface area contributed by atoms with E-state index in [0.29, 0.717) is 5.92 Å². The molecule has 1 amide bonds. The molecule has 7 nitrogen and oxygen atoms in total. The van der Waals surface area contributed by atoms with Crippen LogP contribution in [-0.4, -0.2) is 67.5 Å². The van der Waals surface area contributed by atoms with Crippen molar-refractivity contribution in [1.29, 1.82) is 0 Å². The number of aryl methyl sites for hydroxylation is 1. The Balaban J connectivity index is 1.32. The zero-order valence-electron chi connectivity index (χ0n) is 17.3. The van der Waals surface area contributed by atoms with Gasteiger partial charge in [0.1, 0.15) is 10.7 Å². The Labute approximate surface area is 175 Å². The van der Waals surface area contributed by atoms with E-state index in [1.54, 1.807) is 0 Å². The first-order valence-electron chi connectivity index (χ1n) is 10.2. The molecule has 4 rings (SSSR count). The van der Waals surface area contributed by atoms with E-state index < -0.39 is 0 Å². The van der Waals surface area contributed by atoms with Crippen LogP contribution in [0.4, 0.5) is 0 Å². The summed E-state index contributed by atoms with van der Waals surface area (Å²) in [5.41, 5.74) is 0.812. The minimum atomic E-state index is 0.106. The second-order valence-electron chi connectivity index (χ2n) is 7.77. The van der Waals surface area contributed by atoms with Crippen molar-refractivity contribution in [3.05, 3.63) is 53.3 Å². The lowest BCUT2D eigenvalue weighted by Crippen LogP contribution is -2.49. The van der Waals surface area contributed by atoms with E-state index in [9.17, 15) is 4.79 Å². The zero-order valence-corrected chi connectivity index (χ0v) is 18.1. The van der Waals surface area contributed by atoms with Crippen LogP contribution in [0.1, 0.15) is 41.0 Å². The molecule has 0 bridgehead atoms. The number of thiazole rings is 1. The van der Waals surface area contributed by atoms with Gasteiger partial charge in [-0.2, -0.15) is 0 Å². The second-order valence-corrected chi connectivity index (χ2v) is 8.75. The van der Waals surface area contributed by atoms with Gasteiger partial charge < -0.3 is 14.0 Å². The predicted octanol–water partition coefficient (Wildman–Crippen LogP) is 3.02. The third kappa shape index (κ3) is 4.28. The normalized spacial score (nSPS) is 15.4. The van der Waals surface area contributed by atoms with Crippen LogP contribution in [0.5, 0.6) is 0 Å². The van der Waals surface area contributed by atoms with Gasteiger partial charge in [-0.3, -0.25) is 9.69 Å². The van der Waals surface area contributed by atoms with Crippen molar-refractivity contribution in [2.24, 2.45) is 0 Å². The SMILES string of the molecule is Cc1nc(-n2cccc2)sc1C(=O)N1CCN(CCn2ccnc2C(C)C)CC1. The van der Waals surface area contributed by atoms with Crippen LogP contribution in [0.3, 0.4) is 0 Å². The molecule has 0 N–H and O–H groups in total. The van der Waals surface area contributed by atoms with Gasteiger partial charge in [0, 0.05) is 70.0 Å². The van der Waals surface area contributed by atoms with Crippen LogP contribution in [-0.2, 0) is 6.54 Å². The first-order valence-corrected chi connectivity index (χ1v) is 11.0. The third-order valence-corrected chi connectivity index (χ3v) is 6.54. The molecule has 29 heavy (non-hydrogen) atoms. The molecule has 0 aromatic carbocycles. The molecule has 0 atom stereocenters. The fraction of sp³-hybridized carbons (Fsp3) is 0.476. The van der Waals surface area contributed by atoms with Crippen molar-refractivity contribution in [1.82, 2.24) is 28.9 Å². The standard InChI is InChI=1S/C21H28N6OS/c1-16(2)19-22-6-9-25(19)13-10-24-11-14-26(15-12-24)20(28)18-17(3)23-21(29-18)27-7-4-5-8-27/h4-9,16H,10-15H2,1-3H3. The minimum Gasteiger partial charge on any atom is -0.335 e. The fourth-order valence-electron chi connectivity index (χ4n) is 3.73. The maximum atomic E-state index is 13.0. The van der Waals surface area contributed by atoms with Gasteiger partial charge in [-0.1, -0.05) is 25.2 Å². The Morgan fingerprint density at radius 2 is 1.83 bits per heavy atom. The van der Waals surface area contributed by atoms with Gasteiger partial charge in [0.25, 0.3) is 5.91 Å². The molecule has 3 aromatic heterocycles. The molecule has 1 aliphatic rings. The monoisotopic (exact) mass is 412 g/mol. The Morgan fingerprint density at radius 3 is 2.52 bits per heavy atom. The molecule has 0 radical (unpaired) electrons. The minimum absolute atomic E-state index is 0.106.